The van der Waals surface area contributed by atoms with Gasteiger partial charge in [-0.2, -0.15) is 5.26 Å². The molecule has 0 fully saturated rings. The first-order chi connectivity index (χ1) is 26.2. The molecule has 5 rings (SSSR count). The molecule has 4 N–H and O–H groups in total. The molecule has 0 spiro atoms. The molecule has 0 saturated carbocycles. The van der Waals surface area contributed by atoms with Gasteiger partial charge < -0.3 is 35.6 Å². The van der Waals surface area contributed by atoms with Gasteiger partial charge in [0, 0.05) is 56.1 Å². The lowest BCUT2D eigenvalue weighted by atomic mass is 10.0. The van der Waals surface area contributed by atoms with Crippen molar-refractivity contribution in [3.63, 3.8) is 0 Å². The molecule has 15 nitrogen and oxygen atoms in total. The minimum absolute atomic E-state index is 0.000264. The van der Waals surface area contributed by atoms with Gasteiger partial charge in [0.1, 0.15) is 22.8 Å². The minimum atomic E-state index is -1.09. The Bertz CT molecular complexity index is 2120. The van der Waals surface area contributed by atoms with Crippen LogP contribution in [0.1, 0.15) is 70.2 Å². The number of likely N-dealkylation sites (N-methyl/N-ethyl adjacent to an activating group) is 2. The molecule has 2 aromatic heterocycles. The van der Waals surface area contributed by atoms with Crippen molar-refractivity contribution in [1.82, 2.24) is 40.6 Å². The summed E-state index contributed by atoms with van der Waals surface area (Å²) in [6.45, 7) is 4.60. The van der Waals surface area contributed by atoms with Crippen LogP contribution in [0.4, 0.5) is 0 Å². The van der Waals surface area contributed by atoms with Crippen molar-refractivity contribution in [3.8, 4) is 6.07 Å². The van der Waals surface area contributed by atoms with Crippen LogP contribution in [-0.2, 0) is 25.6 Å². The van der Waals surface area contributed by atoms with Gasteiger partial charge in [-0.25, -0.2) is 4.98 Å². The van der Waals surface area contributed by atoms with Gasteiger partial charge >= 0.3 is 0 Å². The quantitative estimate of drug-likeness (QED) is 0.238. The van der Waals surface area contributed by atoms with Crippen molar-refractivity contribution < 1.29 is 28.8 Å². The molecule has 4 aromatic rings. The molecule has 1 aliphatic rings. The summed E-state index contributed by atoms with van der Waals surface area (Å²) in [6, 6.07) is 13.1. The number of nitrogens with one attached hydrogen (secondary N) is 4. The highest BCUT2D eigenvalue weighted by molar-refractivity contribution is 7.09. The van der Waals surface area contributed by atoms with E-state index in [9.17, 15) is 34.0 Å². The molecule has 16 heteroatoms. The van der Waals surface area contributed by atoms with Crippen LogP contribution in [0.25, 0.3) is 10.9 Å². The Balaban J connectivity index is 1.48. The van der Waals surface area contributed by atoms with Crippen LogP contribution in [0.2, 0.25) is 0 Å². The van der Waals surface area contributed by atoms with Crippen LogP contribution in [0.5, 0.6) is 0 Å². The SMILES string of the molecule is CC(C)C[C@@H]1NC(=O)CN(C(=O)c2ccccc2C#N)CCN(C)C(=O)[C@H](C)NC(=O)CN(C)C(=O)[C@@H](Cc2c[nH]c3ccccc23)NC(=O)c2csc1n2. The normalized spacial score (nSPS) is 19.8. The van der Waals surface area contributed by atoms with Crippen LogP contribution in [-0.4, -0.2) is 112 Å². The molecule has 3 heterocycles. The van der Waals surface area contributed by atoms with Gasteiger partial charge in [0.2, 0.25) is 23.6 Å². The Morgan fingerprint density at radius 2 is 1.62 bits per heavy atom. The first-order valence-corrected chi connectivity index (χ1v) is 18.8. The zero-order valence-electron chi connectivity index (χ0n) is 31.4. The topological polar surface area (TPSA) is 201 Å². The van der Waals surface area contributed by atoms with E-state index in [0.29, 0.717) is 11.4 Å². The number of rotatable bonds is 5. The number of aromatic amines is 1. The summed E-state index contributed by atoms with van der Waals surface area (Å²) in [5.74, 6) is -3.20. The van der Waals surface area contributed by atoms with E-state index in [0.717, 1.165) is 16.5 Å². The molecule has 0 saturated heterocycles. The lowest BCUT2D eigenvalue weighted by Crippen LogP contribution is -2.53. The average Bonchev–Trinajstić information content (AvgIpc) is 3.82. The van der Waals surface area contributed by atoms with E-state index in [-0.39, 0.29) is 42.2 Å². The van der Waals surface area contributed by atoms with Crippen molar-refractivity contribution >= 4 is 57.7 Å². The summed E-state index contributed by atoms with van der Waals surface area (Å²) in [7, 11) is 2.96. The number of amides is 6. The van der Waals surface area contributed by atoms with Crippen molar-refractivity contribution in [2.24, 2.45) is 5.92 Å². The van der Waals surface area contributed by atoms with Crippen LogP contribution in [0.3, 0.4) is 0 Å². The summed E-state index contributed by atoms with van der Waals surface area (Å²) in [5.41, 5.74) is 1.93. The van der Waals surface area contributed by atoms with Crippen LogP contribution in [0.15, 0.2) is 60.1 Å². The van der Waals surface area contributed by atoms with Crippen LogP contribution < -0.4 is 16.0 Å². The number of H-pyrrole nitrogens is 1. The Morgan fingerprint density at radius 3 is 2.36 bits per heavy atom. The zero-order chi connectivity index (χ0) is 39.8. The molecular weight excluding hydrogens is 723 g/mol. The first-order valence-electron chi connectivity index (χ1n) is 17.9. The second kappa shape index (κ2) is 17.8. The van der Waals surface area contributed by atoms with Gasteiger partial charge in [-0.1, -0.05) is 44.2 Å². The summed E-state index contributed by atoms with van der Waals surface area (Å²) in [5, 5.41) is 21.0. The number of para-hydroxylation sites is 1. The number of fused-ring (bicyclic) bond motifs is 3. The molecule has 2 aromatic carbocycles. The van der Waals surface area contributed by atoms with E-state index in [1.54, 1.807) is 23.7 Å². The summed E-state index contributed by atoms with van der Waals surface area (Å²) >= 11 is 1.18. The maximum Gasteiger partial charge on any atom is 0.271 e. The fourth-order valence-corrected chi connectivity index (χ4v) is 7.28. The Morgan fingerprint density at radius 1 is 0.909 bits per heavy atom. The van der Waals surface area contributed by atoms with Crippen molar-refractivity contribution in [3.05, 3.63) is 87.5 Å². The smallest absolute Gasteiger partial charge is 0.271 e. The molecule has 0 aliphatic carbocycles. The maximum absolute atomic E-state index is 13.9. The van der Waals surface area contributed by atoms with Crippen LogP contribution >= 0.6 is 11.3 Å². The van der Waals surface area contributed by atoms with Gasteiger partial charge in [0.15, 0.2) is 0 Å². The number of hydrogen-bond acceptors (Lipinski definition) is 9. The molecule has 288 valence electrons. The average molecular weight is 768 g/mol. The first kappa shape index (κ1) is 40.1. The molecule has 1 aliphatic heterocycles. The number of carbonyl (C=O) groups excluding carboxylic acids is 6. The predicted octanol–water partition coefficient (Wildman–Crippen LogP) is 2.62. The highest BCUT2D eigenvalue weighted by atomic mass is 32.1. The fraction of sp³-hybridized carbons (Fsp3) is 0.385. The standard InChI is InChI=1S/C39H45N9O6S/c1-23(2)16-30-36-45-32(22-55-36)35(51)44-31(17-26-19-41-29-13-9-8-11-27(26)29)39(54)47(5)20-33(49)42-24(3)37(52)46(4)14-15-48(21-34(50)43-30)38(53)28-12-7-6-10-25(28)18-40/h6-13,19,22-24,30-31,41H,14-17,20-21H2,1-5H3,(H,42,49)(H,43,50)(H,44,51)/t24-,30-,31+/m0/s1. The minimum Gasteiger partial charge on any atom is -0.361 e. The maximum atomic E-state index is 13.9. The third kappa shape index (κ3) is 9.92. The Labute approximate surface area is 323 Å². The lowest BCUT2D eigenvalue weighted by molar-refractivity contribution is -0.138. The summed E-state index contributed by atoms with van der Waals surface area (Å²) in [4.78, 5) is 93.4. The van der Waals surface area contributed by atoms with Gasteiger partial charge in [-0.3, -0.25) is 28.8 Å². The predicted molar refractivity (Wildman–Crippen MR) is 206 cm³/mol. The highest BCUT2D eigenvalue weighted by Gasteiger charge is 2.31. The van der Waals surface area contributed by atoms with Crippen molar-refractivity contribution in [1.29, 1.82) is 5.26 Å². The number of carbonyl (C=O) groups is 6. The van der Waals surface area contributed by atoms with E-state index in [4.69, 9.17) is 0 Å². The highest BCUT2D eigenvalue weighted by Crippen LogP contribution is 2.26. The molecule has 3 atom stereocenters. The zero-order valence-corrected chi connectivity index (χ0v) is 32.2. The van der Waals surface area contributed by atoms with Crippen molar-refractivity contribution in [2.45, 2.75) is 51.7 Å². The Kier molecular flexibility index (Phi) is 13.0. The van der Waals surface area contributed by atoms with Gasteiger partial charge in [0.25, 0.3) is 11.8 Å². The molecule has 55 heavy (non-hydrogen) atoms. The number of benzene rings is 2. The molecule has 6 amide bonds. The number of nitriles is 1. The third-order valence-electron chi connectivity index (χ3n) is 9.28. The van der Waals surface area contributed by atoms with Crippen LogP contribution in [0, 0.1) is 17.2 Å². The number of aromatic nitrogens is 2. The van der Waals surface area contributed by atoms with Gasteiger partial charge in [-0.05, 0) is 43.0 Å². The van der Waals surface area contributed by atoms with Gasteiger partial charge in [-0.15, -0.1) is 11.3 Å². The van der Waals surface area contributed by atoms with Gasteiger partial charge in [0.05, 0.1) is 36.3 Å². The Hall–Kier alpha value is -6.08. The fourth-order valence-electron chi connectivity index (χ4n) is 6.42. The van der Waals surface area contributed by atoms with E-state index in [1.165, 1.54) is 59.2 Å². The molecular formula is C39H45N9O6S. The lowest BCUT2D eigenvalue weighted by Gasteiger charge is -2.28. The van der Waals surface area contributed by atoms with Crippen molar-refractivity contribution in [2.75, 3.05) is 40.3 Å². The molecule has 2 bridgehead atoms. The molecule has 0 radical (unpaired) electrons. The largest absolute Gasteiger partial charge is 0.361 e. The van der Waals surface area contributed by atoms with E-state index >= 15 is 0 Å². The monoisotopic (exact) mass is 767 g/mol. The second-order valence-electron chi connectivity index (χ2n) is 14.0. The summed E-state index contributed by atoms with van der Waals surface area (Å²) in [6.07, 6.45) is 2.35. The number of thiazole rings is 1. The number of hydrogen-bond donors (Lipinski definition) is 4. The number of nitrogens with zero attached hydrogens (tertiary/aromatic N) is 5. The third-order valence-corrected chi connectivity index (χ3v) is 10.2. The molecule has 0 unspecified atom stereocenters. The second-order valence-corrected chi connectivity index (χ2v) is 14.9. The van der Waals surface area contributed by atoms with E-state index in [1.807, 2.05) is 44.2 Å². The van der Waals surface area contributed by atoms with E-state index < -0.39 is 66.7 Å². The summed E-state index contributed by atoms with van der Waals surface area (Å²) < 4.78 is 0. The van der Waals surface area contributed by atoms with E-state index in [2.05, 4.69) is 25.9 Å².